The maximum Gasteiger partial charge on any atom is 0.320 e. The molecule has 2 atom stereocenters. The molecule has 2 aromatic carbocycles. The van der Waals surface area contributed by atoms with Crippen molar-refractivity contribution in [1.82, 2.24) is 4.90 Å². The van der Waals surface area contributed by atoms with Crippen molar-refractivity contribution in [1.29, 1.82) is 0 Å². The van der Waals surface area contributed by atoms with Gasteiger partial charge in [-0.2, -0.15) is 0 Å². The van der Waals surface area contributed by atoms with Gasteiger partial charge < -0.3 is 9.84 Å². The monoisotopic (exact) mass is 343 g/mol. The first-order valence-corrected chi connectivity index (χ1v) is 8.49. The van der Waals surface area contributed by atoms with Gasteiger partial charge in [-0.1, -0.05) is 42.8 Å². The summed E-state index contributed by atoms with van der Waals surface area (Å²) in [5, 5.41) is 9.68. The minimum atomic E-state index is -0.865. The van der Waals surface area contributed by atoms with Crippen LogP contribution in [0.3, 0.4) is 0 Å². The Morgan fingerprint density at radius 1 is 1.16 bits per heavy atom. The number of piperidine rings is 1. The summed E-state index contributed by atoms with van der Waals surface area (Å²) in [4.78, 5) is 13.7. The molecule has 1 aliphatic rings. The van der Waals surface area contributed by atoms with Crippen molar-refractivity contribution in [3.8, 4) is 5.75 Å². The topological polar surface area (TPSA) is 49.8 Å². The summed E-state index contributed by atoms with van der Waals surface area (Å²) in [5.41, 5.74) is 1.25. The Morgan fingerprint density at radius 2 is 1.84 bits per heavy atom. The number of benzene rings is 2. The van der Waals surface area contributed by atoms with Crippen molar-refractivity contribution in [3.05, 3.63) is 65.5 Å². The second-order valence-electron chi connectivity index (χ2n) is 6.25. The van der Waals surface area contributed by atoms with E-state index in [1.54, 1.807) is 25.3 Å². The maximum atomic E-state index is 14.6. The third-order valence-corrected chi connectivity index (χ3v) is 4.79. The van der Waals surface area contributed by atoms with E-state index < -0.39 is 18.1 Å². The number of likely N-dealkylation sites (tertiary alicyclic amines) is 1. The molecule has 1 heterocycles. The molecule has 1 aliphatic heterocycles. The van der Waals surface area contributed by atoms with Gasteiger partial charge in [0.1, 0.15) is 17.6 Å². The van der Waals surface area contributed by atoms with Gasteiger partial charge in [-0.15, -0.1) is 0 Å². The molecule has 0 spiro atoms. The highest BCUT2D eigenvalue weighted by atomic mass is 19.1. The van der Waals surface area contributed by atoms with Crippen LogP contribution >= 0.6 is 0 Å². The molecule has 4 nitrogen and oxygen atoms in total. The van der Waals surface area contributed by atoms with Crippen molar-refractivity contribution in [2.45, 2.75) is 31.3 Å². The van der Waals surface area contributed by atoms with Crippen LogP contribution in [0.1, 0.15) is 36.4 Å². The summed E-state index contributed by atoms with van der Waals surface area (Å²) < 4.78 is 20.1. The lowest BCUT2D eigenvalue weighted by molar-refractivity contribution is -0.145. The Kier molecular flexibility index (Phi) is 5.34. The summed E-state index contributed by atoms with van der Waals surface area (Å²) in [5.74, 6) is -0.575. The highest BCUT2D eigenvalue weighted by molar-refractivity contribution is 5.73. The Bertz CT molecular complexity index is 749. The molecule has 0 radical (unpaired) electrons. The van der Waals surface area contributed by atoms with E-state index >= 15 is 0 Å². The van der Waals surface area contributed by atoms with E-state index in [0.29, 0.717) is 24.3 Å². The van der Waals surface area contributed by atoms with Gasteiger partial charge in [-0.05, 0) is 31.5 Å². The first kappa shape index (κ1) is 17.4. The third-order valence-electron chi connectivity index (χ3n) is 4.79. The number of ether oxygens (including phenoxy) is 1. The Labute approximate surface area is 146 Å². The van der Waals surface area contributed by atoms with Gasteiger partial charge in [-0.3, -0.25) is 9.69 Å². The van der Waals surface area contributed by atoms with E-state index in [-0.39, 0.29) is 5.82 Å². The number of para-hydroxylation sites is 1. The Hall–Kier alpha value is -2.40. The van der Waals surface area contributed by atoms with E-state index in [4.69, 9.17) is 4.74 Å². The molecule has 0 bridgehead atoms. The van der Waals surface area contributed by atoms with Crippen molar-refractivity contribution in [2.75, 3.05) is 13.7 Å². The van der Waals surface area contributed by atoms with Crippen molar-refractivity contribution in [2.24, 2.45) is 0 Å². The van der Waals surface area contributed by atoms with Crippen LogP contribution < -0.4 is 4.74 Å². The molecule has 132 valence electrons. The van der Waals surface area contributed by atoms with Crippen molar-refractivity contribution >= 4 is 5.97 Å². The smallest absolute Gasteiger partial charge is 0.320 e. The van der Waals surface area contributed by atoms with Crippen LogP contribution in [0.15, 0.2) is 48.5 Å². The highest BCUT2D eigenvalue weighted by Gasteiger charge is 2.37. The summed E-state index contributed by atoms with van der Waals surface area (Å²) in [7, 11) is 1.57. The zero-order chi connectivity index (χ0) is 17.8. The molecule has 0 aromatic heterocycles. The molecule has 2 unspecified atom stereocenters. The molecule has 1 fully saturated rings. The molecule has 5 heteroatoms. The second-order valence-corrected chi connectivity index (χ2v) is 6.25. The third kappa shape index (κ3) is 3.51. The number of methoxy groups -OCH3 is 1. The van der Waals surface area contributed by atoms with Gasteiger partial charge in [0.25, 0.3) is 0 Å². The summed E-state index contributed by atoms with van der Waals surface area (Å²) in [6, 6.07) is 12.8. The van der Waals surface area contributed by atoms with Gasteiger partial charge >= 0.3 is 5.97 Å². The molecular formula is C20H22FNO3. The van der Waals surface area contributed by atoms with Crippen molar-refractivity contribution in [3.63, 3.8) is 0 Å². The number of carboxylic acids is 1. The van der Waals surface area contributed by atoms with Gasteiger partial charge in [0.05, 0.1) is 13.2 Å². The lowest BCUT2D eigenvalue weighted by atomic mass is 9.91. The molecule has 1 N–H and O–H groups in total. The summed E-state index contributed by atoms with van der Waals surface area (Å²) >= 11 is 0. The average Bonchev–Trinajstić information content (AvgIpc) is 2.64. The lowest BCUT2D eigenvalue weighted by Crippen LogP contribution is -2.47. The van der Waals surface area contributed by atoms with Crippen LogP contribution in [0, 0.1) is 5.82 Å². The van der Waals surface area contributed by atoms with Gasteiger partial charge in [0.2, 0.25) is 0 Å². The number of nitrogens with zero attached hydrogens (tertiary/aromatic N) is 1. The fourth-order valence-corrected chi connectivity index (χ4v) is 3.64. The minimum Gasteiger partial charge on any atom is -0.496 e. The van der Waals surface area contributed by atoms with Crippen molar-refractivity contribution < 1.29 is 19.0 Å². The zero-order valence-electron chi connectivity index (χ0n) is 14.2. The van der Waals surface area contributed by atoms with Crippen LogP contribution in [-0.2, 0) is 4.79 Å². The number of halogens is 1. The molecular weight excluding hydrogens is 321 g/mol. The van der Waals surface area contributed by atoms with Crippen LogP contribution in [0.25, 0.3) is 0 Å². The maximum absolute atomic E-state index is 14.6. The predicted molar refractivity (Wildman–Crippen MR) is 93.2 cm³/mol. The average molecular weight is 343 g/mol. The van der Waals surface area contributed by atoms with E-state index in [2.05, 4.69) is 0 Å². The number of carboxylic acid groups (broad SMARTS) is 1. The fraction of sp³-hybridized carbons (Fsp3) is 0.350. The fourth-order valence-electron chi connectivity index (χ4n) is 3.64. The SMILES string of the molecule is COc1ccccc1C(c1ccccc1F)N1CCCCC1C(=O)O. The normalized spacial score (nSPS) is 19.4. The van der Waals surface area contributed by atoms with Crippen LogP contribution in [0.4, 0.5) is 4.39 Å². The number of carbonyl (C=O) groups is 1. The zero-order valence-corrected chi connectivity index (χ0v) is 14.2. The number of hydrogen-bond acceptors (Lipinski definition) is 3. The molecule has 2 aromatic rings. The Morgan fingerprint density at radius 3 is 2.52 bits per heavy atom. The summed E-state index contributed by atoms with van der Waals surface area (Å²) in [6.45, 7) is 0.605. The molecule has 0 amide bonds. The van der Waals surface area contributed by atoms with Crippen LogP contribution in [-0.4, -0.2) is 35.7 Å². The van der Waals surface area contributed by atoms with E-state index in [1.807, 2.05) is 29.2 Å². The molecule has 0 aliphatic carbocycles. The van der Waals surface area contributed by atoms with Crippen LogP contribution in [0.5, 0.6) is 5.75 Å². The standard InChI is InChI=1S/C20H22FNO3/c1-25-18-12-5-3-9-15(18)19(14-8-2-4-10-16(14)21)22-13-7-6-11-17(22)20(23)24/h2-5,8-10,12,17,19H,6-7,11,13H2,1H3,(H,23,24). The Balaban J connectivity index is 2.15. The minimum absolute atomic E-state index is 0.340. The van der Waals surface area contributed by atoms with E-state index in [9.17, 15) is 14.3 Å². The number of hydrogen-bond donors (Lipinski definition) is 1. The molecule has 1 saturated heterocycles. The molecule has 3 rings (SSSR count). The first-order valence-electron chi connectivity index (χ1n) is 8.49. The number of aliphatic carboxylic acids is 1. The lowest BCUT2D eigenvalue weighted by Gasteiger charge is -2.40. The largest absolute Gasteiger partial charge is 0.496 e. The second kappa shape index (κ2) is 7.66. The summed E-state index contributed by atoms with van der Waals surface area (Å²) in [6.07, 6.45) is 2.32. The molecule has 0 saturated carbocycles. The predicted octanol–water partition coefficient (Wildman–Crippen LogP) is 3.86. The number of rotatable bonds is 5. The van der Waals surface area contributed by atoms with Gasteiger partial charge in [0, 0.05) is 11.1 Å². The van der Waals surface area contributed by atoms with E-state index in [1.165, 1.54) is 6.07 Å². The van der Waals surface area contributed by atoms with Gasteiger partial charge in [-0.25, -0.2) is 4.39 Å². The van der Waals surface area contributed by atoms with Crippen LogP contribution in [0.2, 0.25) is 0 Å². The first-order chi connectivity index (χ1) is 12.1. The van der Waals surface area contributed by atoms with Gasteiger partial charge in [0.15, 0.2) is 0 Å². The quantitative estimate of drug-likeness (QED) is 0.895. The van der Waals surface area contributed by atoms with E-state index in [0.717, 1.165) is 18.4 Å². The highest BCUT2D eigenvalue weighted by Crippen LogP contribution is 2.39. The molecule has 25 heavy (non-hydrogen) atoms.